The third-order valence-electron chi connectivity index (χ3n) is 15.6. The van der Waals surface area contributed by atoms with Crippen LogP contribution in [0, 0.1) is 0 Å². The molecular formula is C70H68N4O. The smallest absolute Gasteiger partial charge is 0.137 e. The molecule has 0 amide bonds. The van der Waals surface area contributed by atoms with Crippen LogP contribution in [0.3, 0.4) is 0 Å². The number of hydrogen-bond acceptors (Lipinski definition) is 4. The Balaban J connectivity index is 1.10. The standard InChI is InChI=1S/C70H68N4O/c1-67(2,3)54-39-55(68(4,5)6)41-56(40-54)72-46-64(49-27-17-12-18-28-49)73(47-72)57-37-50(48-25-15-11-16-26-48)38-58(43-57)75-59-44-61(70(9,10)52-31-21-14-22-32-52)66-60-33-23-24-34-62(60)74(63(66)45-59)65-42-53(35-36-71-65)69(7,8)51-29-19-13-20-30-51/h11-46H,47H2,1-10H3. The first-order valence-electron chi connectivity index (χ1n) is 26.4. The molecule has 0 fully saturated rings. The second kappa shape index (κ2) is 19.0. The van der Waals surface area contributed by atoms with Gasteiger partial charge in [-0.05, 0) is 109 Å². The van der Waals surface area contributed by atoms with Gasteiger partial charge >= 0.3 is 0 Å². The molecule has 374 valence electrons. The summed E-state index contributed by atoms with van der Waals surface area (Å²) in [6.45, 7) is 23.7. The first-order valence-corrected chi connectivity index (χ1v) is 26.4. The fourth-order valence-corrected chi connectivity index (χ4v) is 10.9. The summed E-state index contributed by atoms with van der Waals surface area (Å²) in [6, 6.07) is 74.6. The summed E-state index contributed by atoms with van der Waals surface area (Å²) in [5.41, 5.74) is 15.5. The quantitative estimate of drug-likeness (QED) is 0.129. The van der Waals surface area contributed by atoms with E-state index in [0.717, 1.165) is 56.4 Å². The zero-order valence-corrected chi connectivity index (χ0v) is 45.2. The molecule has 0 saturated carbocycles. The Bertz CT molecular complexity index is 3690. The van der Waals surface area contributed by atoms with Crippen LogP contribution in [0.1, 0.15) is 108 Å². The van der Waals surface area contributed by atoms with E-state index < -0.39 is 5.41 Å². The molecule has 0 radical (unpaired) electrons. The van der Waals surface area contributed by atoms with Gasteiger partial charge in [-0.2, -0.15) is 0 Å². The first kappa shape index (κ1) is 49.1. The van der Waals surface area contributed by atoms with E-state index in [1.54, 1.807) is 0 Å². The van der Waals surface area contributed by atoms with E-state index in [4.69, 9.17) is 9.72 Å². The maximum absolute atomic E-state index is 7.41. The number of hydrogen-bond donors (Lipinski definition) is 0. The average Bonchev–Trinajstić information content (AvgIpc) is 4.04. The number of para-hydroxylation sites is 1. The van der Waals surface area contributed by atoms with Crippen molar-refractivity contribution in [3.8, 4) is 28.4 Å². The van der Waals surface area contributed by atoms with Crippen molar-refractivity contribution in [2.75, 3.05) is 16.5 Å². The van der Waals surface area contributed by atoms with Gasteiger partial charge in [0.15, 0.2) is 0 Å². The van der Waals surface area contributed by atoms with Crippen LogP contribution in [0.15, 0.2) is 219 Å². The zero-order chi connectivity index (χ0) is 52.3. The van der Waals surface area contributed by atoms with Crippen LogP contribution in [-0.4, -0.2) is 16.2 Å². The highest BCUT2D eigenvalue weighted by Crippen LogP contribution is 2.47. The third kappa shape index (κ3) is 9.42. The minimum atomic E-state index is -0.416. The summed E-state index contributed by atoms with van der Waals surface area (Å²) >= 11 is 0. The lowest BCUT2D eigenvalue weighted by molar-refractivity contribution is 0.481. The number of benzene rings is 8. The van der Waals surface area contributed by atoms with E-state index in [2.05, 4.69) is 296 Å². The SMILES string of the molecule is CC(C)(C)c1cc(N2C=C(c3ccccc3)N(c3cc(Oc4cc(C(C)(C)c5ccccc5)c5c6ccccc6n(-c6cc(C(C)(C)c7ccccc7)ccn6)c5c4)cc(-c4ccccc4)c3)C2)cc(C(C)(C)C)c1. The van der Waals surface area contributed by atoms with Crippen molar-refractivity contribution in [3.05, 3.63) is 258 Å². The Morgan fingerprint density at radius 3 is 1.61 bits per heavy atom. The highest BCUT2D eigenvalue weighted by Gasteiger charge is 2.32. The number of pyridine rings is 1. The van der Waals surface area contributed by atoms with Crippen molar-refractivity contribution >= 4 is 38.9 Å². The Labute approximate surface area is 444 Å². The molecule has 0 bridgehead atoms. The van der Waals surface area contributed by atoms with E-state index in [1.807, 2.05) is 6.20 Å². The van der Waals surface area contributed by atoms with Crippen LogP contribution in [0.2, 0.25) is 0 Å². The van der Waals surface area contributed by atoms with E-state index >= 15 is 0 Å². The number of anilines is 2. The average molecular weight is 981 g/mol. The van der Waals surface area contributed by atoms with Crippen LogP contribution in [0.4, 0.5) is 11.4 Å². The van der Waals surface area contributed by atoms with Crippen molar-refractivity contribution in [2.45, 2.75) is 90.9 Å². The Morgan fingerprint density at radius 1 is 0.427 bits per heavy atom. The monoisotopic (exact) mass is 981 g/mol. The van der Waals surface area contributed by atoms with Gasteiger partial charge in [-0.1, -0.05) is 215 Å². The van der Waals surface area contributed by atoms with Crippen molar-refractivity contribution < 1.29 is 4.74 Å². The van der Waals surface area contributed by atoms with Gasteiger partial charge in [0.05, 0.1) is 23.4 Å². The molecule has 5 nitrogen and oxygen atoms in total. The highest BCUT2D eigenvalue weighted by molar-refractivity contribution is 6.12. The molecule has 0 aliphatic carbocycles. The van der Waals surface area contributed by atoms with Gasteiger partial charge in [-0.25, -0.2) is 4.98 Å². The van der Waals surface area contributed by atoms with E-state index in [0.29, 0.717) is 6.67 Å². The van der Waals surface area contributed by atoms with E-state index in [1.165, 1.54) is 49.8 Å². The van der Waals surface area contributed by atoms with Gasteiger partial charge in [0.1, 0.15) is 17.3 Å². The maximum atomic E-state index is 7.41. The molecule has 0 unspecified atom stereocenters. The van der Waals surface area contributed by atoms with Crippen LogP contribution in [0.25, 0.3) is 44.4 Å². The van der Waals surface area contributed by atoms with Crippen LogP contribution >= 0.6 is 0 Å². The summed E-state index contributed by atoms with van der Waals surface area (Å²) < 4.78 is 9.75. The minimum Gasteiger partial charge on any atom is -0.457 e. The molecule has 1 aliphatic rings. The summed E-state index contributed by atoms with van der Waals surface area (Å²) in [6.07, 6.45) is 4.29. The van der Waals surface area contributed by atoms with Gasteiger partial charge in [0, 0.05) is 57.5 Å². The van der Waals surface area contributed by atoms with Gasteiger partial charge in [-0.15, -0.1) is 0 Å². The van der Waals surface area contributed by atoms with Gasteiger partial charge in [0.25, 0.3) is 0 Å². The number of rotatable bonds is 11. The predicted molar refractivity (Wildman–Crippen MR) is 316 cm³/mol. The van der Waals surface area contributed by atoms with Gasteiger partial charge < -0.3 is 14.5 Å². The molecule has 0 atom stereocenters. The van der Waals surface area contributed by atoms with Gasteiger partial charge in [0.2, 0.25) is 0 Å². The van der Waals surface area contributed by atoms with Crippen LogP contribution < -0.4 is 14.5 Å². The van der Waals surface area contributed by atoms with Crippen LogP contribution in [-0.2, 0) is 21.7 Å². The molecule has 5 heteroatoms. The summed E-state index contributed by atoms with van der Waals surface area (Å²) in [5.74, 6) is 2.36. The molecule has 0 saturated heterocycles. The normalized spacial score (nSPS) is 13.4. The highest BCUT2D eigenvalue weighted by atomic mass is 16.5. The summed E-state index contributed by atoms with van der Waals surface area (Å²) in [4.78, 5) is 10.0. The number of nitrogens with zero attached hydrogens (tertiary/aromatic N) is 4. The molecule has 2 aromatic heterocycles. The molecule has 0 N–H and O–H groups in total. The van der Waals surface area contributed by atoms with E-state index in [-0.39, 0.29) is 16.2 Å². The van der Waals surface area contributed by atoms with Crippen molar-refractivity contribution in [1.29, 1.82) is 0 Å². The lowest BCUT2D eigenvalue weighted by Crippen LogP contribution is -2.27. The first-order chi connectivity index (χ1) is 35.9. The number of fused-ring (bicyclic) bond motifs is 3. The Kier molecular flexibility index (Phi) is 12.4. The molecule has 75 heavy (non-hydrogen) atoms. The fraction of sp³-hybridized carbons (Fsp3) is 0.214. The van der Waals surface area contributed by atoms with Crippen molar-refractivity contribution in [3.63, 3.8) is 0 Å². The second-order valence-corrected chi connectivity index (χ2v) is 23.5. The van der Waals surface area contributed by atoms with Crippen LogP contribution in [0.5, 0.6) is 11.5 Å². The topological polar surface area (TPSA) is 33.5 Å². The summed E-state index contributed by atoms with van der Waals surface area (Å²) in [5, 5.41) is 2.35. The minimum absolute atomic E-state index is 0.0228. The second-order valence-electron chi connectivity index (χ2n) is 23.5. The zero-order valence-electron chi connectivity index (χ0n) is 45.2. The number of aromatic nitrogens is 2. The number of ether oxygens (including phenoxy) is 1. The molecule has 0 spiro atoms. The lowest BCUT2D eigenvalue weighted by Gasteiger charge is -2.29. The molecular weight excluding hydrogens is 913 g/mol. The third-order valence-corrected chi connectivity index (χ3v) is 15.6. The maximum Gasteiger partial charge on any atom is 0.137 e. The predicted octanol–water partition coefficient (Wildman–Crippen LogP) is 18.2. The Hall–Kier alpha value is -8.15. The lowest BCUT2D eigenvalue weighted by atomic mass is 9.76. The van der Waals surface area contributed by atoms with Gasteiger partial charge in [-0.3, -0.25) is 4.57 Å². The largest absolute Gasteiger partial charge is 0.457 e. The Morgan fingerprint density at radius 2 is 0.987 bits per heavy atom. The van der Waals surface area contributed by atoms with Crippen molar-refractivity contribution in [2.24, 2.45) is 0 Å². The summed E-state index contributed by atoms with van der Waals surface area (Å²) in [7, 11) is 0. The van der Waals surface area contributed by atoms with E-state index in [9.17, 15) is 0 Å². The van der Waals surface area contributed by atoms with Crippen molar-refractivity contribution in [1.82, 2.24) is 9.55 Å². The molecule has 3 heterocycles. The fourth-order valence-electron chi connectivity index (χ4n) is 10.9. The molecule has 11 rings (SSSR count). The molecule has 10 aromatic rings. The molecule has 1 aliphatic heterocycles. The molecule has 8 aromatic carbocycles.